The Morgan fingerprint density at radius 1 is 1.20 bits per heavy atom. The Labute approximate surface area is 124 Å². The summed E-state index contributed by atoms with van der Waals surface area (Å²) in [5, 5.41) is 5.56. The number of halogens is 3. The maximum atomic E-state index is 13.6. The molecular formula is C14H8Cl2FN3. The predicted octanol–water partition coefficient (Wildman–Crippen LogP) is 4.51. The van der Waals surface area contributed by atoms with E-state index in [1.54, 1.807) is 24.4 Å². The summed E-state index contributed by atoms with van der Waals surface area (Å²) in [7, 11) is 0. The van der Waals surface area contributed by atoms with Gasteiger partial charge in [-0.3, -0.25) is 4.98 Å². The highest BCUT2D eigenvalue weighted by atomic mass is 35.5. The molecule has 100 valence electrons. The second kappa shape index (κ2) is 4.89. The molecule has 0 saturated heterocycles. The normalized spacial score (nSPS) is 10.9. The van der Waals surface area contributed by atoms with Gasteiger partial charge in [0.2, 0.25) is 0 Å². The fourth-order valence-electron chi connectivity index (χ4n) is 1.95. The van der Waals surface area contributed by atoms with Crippen molar-refractivity contribution in [2.75, 3.05) is 0 Å². The first-order chi connectivity index (χ1) is 9.60. The number of nitrogens with zero attached hydrogens (tertiary/aromatic N) is 3. The number of hydrogen-bond acceptors (Lipinski definition) is 2. The Bertz CT molecular complexity index is 803. The van der Waals surface area contributed by atoms with Crippen LogP contribution in [0.15, 0.2) is 37.3 Å². The van der Waals surface area contributed by atoms with E-state index in [9.17, 15) is 4.39 Å². The van der Waals surface area contributed by atoms with Crippen LogP contribution in [-0.4, -0.2) is 14.8 Å². The zero-order chi connectivity index (χ0) is 14.3. The van der Waals surface area contributed by atoms with E-state index in [-0.39, 0.29) is 5.52 Å². The van der Waals surface area contributed by atoms with Gasteiger partial charge in [0.15, 0.2) is 5.82 Å². The van der Waals surface area contributed by atoms with Crippen molar-refractivity contribution in [2.24, 2.45) is 0 Å². The largest absolute Gasteiger partial charge is 0.261 e. The smallest absolute Gasteiger partial charge is 0.169 e. The summed E-state index contributed by atoms with van der Waals surface area (Å²) in [6.45, 7) is 3.66. The SMILES string of the molecule is C=Cc1cc(Cl)c(-n2cc3cncc(F)c3n2)c(Cl)c1. The predicted molar refractivity (Wildman–Crippen MR) is 78.9 cm³/mol. The molecule has 2 heterocycles. The molecule has 0 fully saturated rings. The summed E-state index contributed by atoms with van der Waals surface area (Å²) < 4.78 is 15.1. The molecule has 0 bridgehead atoms. The van der Waals surface area contributed by atoms with Crippen molar-refractivity contribution in [3.8, 4) is 5.69 Å². The minimum Gasteiger partial charge on any atom is -0.261 e. The van der Waals surface area contributed by atoms with Crippen LogP contribution in [0.25, 0.3) is 22.7 Å². The minimum absolute atomic E-state index is 0.222. The molecule has 3 aromatic rings. The lowest BCUT2D eigenvalue weighted by atomic mass is 10.2. The van der Waals surface area contributed by atoms with Crippen LogP contribution in [0.1, 0.15) is 5.56 Å². The fraction of sp³-hybridized carbons (Fsp3) is 0. The van der Waals surface area contributed by atoms with Crippen LogP contribution < -0.4 is 0 Å². The van der Waals surface area contributed by atoms with E-state index >= 15 is 0 Å². The molecule has 2 aromatic heterocycles. The van der Waals surface area contributed by atoms with Crippen LogP contribution in [0, 0.1) is 5.82 Å². The van der Waals surface area contributed by atoms with E-state index in [0.29, 0.717) is 21.1 Å². The lowest BCUT2D eigenvalue weighted by molar-refractivity contribution is 0.629. The molecule has 0 spiro atoms. The Morgan fingerprint density at radius 3 is 2.50 bits per heavy atom. The van der Waals surface area contributed by atoms with Crippen LogP contribution in [0.5, 0.6) is 0 Å². The highest BCUT2D eigenvalue weighted by Gasteiger charge is 2.13. The molecule has 3 nitrogen and oxygen atoms in total. The van der Waals surface area contributed by atoms with Crippen molar-refractivity contribution in [3.63, 3.8) is 0 Å². The third kappa shape index (κ3) is 2.07. The van der Waals surface area contributed by atoms with Crippen LogP contribution in [0.4, 0.5) is 4.39 Å². The summed E-state index contributed by atoms with van der Waals surface area (Å²) in [5.41, 5.74) is 1.52. The fourth-order valence-corrected chi connectivity index (χ4v) is 2.63. The lowest BCUT2D eigenvalue weighted by Gasteiger charge is -2.08. The van der Waals surface area contributed by atoms with Crippen molar-refractivity contribution >= 4 is 40.2 Å². The maximum absolute atomic E-state index is 13.6. The van der Waals surface area contributed by atoms with E-state index in [1.165, 1.54) is 10.9 Å². The topological polar surface area (TPSA) is 30.7 Å². The van der Waals surface area contributed by atoms with Gasteiger partial charge in [-0.25, -0.2) is 9.07 Å². The number of aromatic nitrogens is 3. The molecule has 20 heavy (non-hydrogen) atoms. The highest BCUT2D eigenvalue weighted by molar-refractivity contribution is 6.38. The van der Waals surface area contributed by atoms with Crippen molar-refractivity contribution in [3.05, 3.63) is 58.7 Å². The van der Waals surface area contributed by atoms with Gasteiger partial charge in [-0.15, -0.1) is 0 Å². The highest BCUT2D eigenvalue weighted by Crippen LogP contribution is 2.31. The van der Waals surface area contributed by atoms with Gasteiger partial charge >= 0.3 is 0 Å². The number of benzene rings is 1. The van der Waals surface area contributed by atoms with Crippen molar-refractivity contribution in [1.29, 1.82) is 0 Å². The molecule has 0 unspecified atom stereocenters. The number of pyridine rings is 1. The first-order valence-electron chi connectivity index (χ1n) is 5.71. The van der Waals surface area contributed by atoms with Crippen LogP contribution in [0.2, 0.25) is 10.0 Å². The van der Waals surface area contributed by atoms with Gasteiger partial charge in [0.25, 0.3) is 0 Å². The maximum Gasteiger partial charge on any atom is 0.169 e. The molecule has 0 aliphatic carbocycles. The third-order valence-corrected chi connectivity index (χ3v) is 3.45. The van der Waals surface area contributed by atoms with Gasteiger partial charge in [-0.05, 0) is 17.7 Å². The number of rotatable bonds is 2. The van der Waals surface area contributed by atoms with Crippen LogP contribution in [0.3, 0.4) is 0 Å². The molecule has 0 N–H and O–H groups in total. The molecule has 3 rings (SSSR count). The molecule has 0 aliphatic heterocycles. The van der Waals surface area contributed by atoms with Gasteiger partial charge in [-0.1, -0.05) is 35.9 Å². The molecule has 0 amide bonds. The van der Waals surface area contributed by atoms with Crippen molar-refractivity contribution in [1.82, 2.24) is 14.8 Å². The summed E-state index contributed by atoms with van der Waals surface area (Å²) in [6.07, 6.45) is 5.92. The van der Waals surface area contributed by atoms with E-state index in [0.717, 1.165) is 11.8 Å². The second-order valence-electron chi connectivity index (χ2n) is 4.17. The molecule has 0 radical (unpaired) electrons. The van der Waals surface area contributed by atoms with E-state index in [2.05, 4.69) is 16.7 Å². The molecule has 0 aliphatic rings. The molecule has 1 aromatic carbocycles. The second-order valence-corrected chi connectivity index (χ2v) is 4.98. The van der Waals surface area contributed by atoms with E-state index < -0.39 is 5.82 Å². The van der Waals surface area contributed by atoms with Crippen molar-refractivity contribution < 1.29 is 4.39 Å². The van der Waals surface area contributed by atoms with Gasteiger partial charge in [0.05, 0.1) is 16.2 Å². The molecule has 6 heteroatoms. The average molecular weight is 308 g/mol. The Hall–Kier alpha value is -1.91. The van der Waals surface area contributed by atoms with Crippen molar-refractivity contribution in [2.45, 2.75) is 0 Å². The minimum atomic E-state index is -0.490. The number of hydrogen-bond donors (Lipinski definition) is 0. The standard InChI is InChI=1S/C14H8Cl2FN3/c1-2-8-3-10(15)14(11(16)4-8)20-7-9-5-18-6-12(17)13(9)19-20/h2-7H,1H2. The first kappa shape index (κ1) is 13.1. The zero-order valence-electron chi connectivity index (χ0n) is 10.1. The van der Waals surface area contributed by atoms with Gasteiger partial charge in [0, 0.05) is 17.8 Å². The monoisotopic (exact) mass is 307 g/mol. The van der Waals surface area contributed by atoms with Gasteiger partial charge in [0.1, 0.15) is 11.2 Å². The van der Waals surface area contributed by atoms with Gasteiger partial charge < -0.3 is 0 Å². The number of fused-ring (bicyclic) bond motifs is 1. The molecule has 0 atom stereocenters. The summed E-state index contributed by atoms with van der Waals surface area (Å²) in [4.78, 5) is 3.78. The Kier molecular flexibility index (Phi) is 3.20. The Morgan fingerprint density at radius 2 is 1.90 bits per heavy atom. The van der Waals surface area contributed by atoms with Crippen LogP contribution in [-0.2, 0) is 0 Å². The Balaban J connectivity index is 2.25. The molecule has 0 saturated carbocycles. The quantitative estimate of drug-likeness (QED) is 0.697. The summed E-state index contributed by atoms with van der Waals surface area (Å²) >= 11 is 12.4. The van der Waals surface area contributed by atoms with E-state index in [1.807, 2.05) is 0 Å². The third-order valence-electron chi connectivity index (χ3n) is 2.87. The van der Waals surface area contributed by atoms with E-state index in [4.69, 9.17) is 23.2 Å². The van der Waals surface area contributed by atoms with Crippen LogP contribution >= 0.6 is 23.2 Å². The zero-order valence-corrected chi connectivity index (χ0v) is 11.7. The molecular weight excluding hydrogens is 300 g/mol. The summed E-state index contributed by atoms with van der Waals surface area (Å²) in [5.74, 6) is -0.490. The van der Waals surface area contributed by atoms with Gasteiger partial charge in [-0.2, -0.15) is 5.10 Å². The first-order valence-corrected chi connectivity index (χ1v) is 6.46. The summed E-state index contributed by atoms with van der Waals surface area (Å²) in [6, 6.07) is 3.44. The average Bonchev–Trinajstić information content (AvgIpc) is 2.82. The lowest BCUT2D eigenvalue weighted by Crippen LogP contribution is -1.97.